The zero-order valence-electron chi connectivity index (χ0n) is 16.5. The number of piperidine rings is 1. The molecule has 0 unspecified atom stereocenters. The van der Waals surface area contributed by atoms with E-state index in [4.69, 9.17) is 4.74 Å². The second kappa shape index (κ2) is 8.39. The van der Waals surface area contributed by atoms with Crippen LogP contribution in [0.25, 0.3) is 0 Å². The van der Waals surface area contributed by atoms with Gasteiger partial charge in [-0.1, -0.05) is 13.8 Å². The summed E-state index contributed by atoms with van der Waals surface area (Å²) in [5.41, 5.74) is 0.202. The predicted molar refractivity (Wildman–Crippen MR) is 102 cm³/mol. The molecule has 0 N–H and O–H groups in total. The minimum Gasteiger partial charge on any atom is -0.449 e. The van der Waals surface area contributed by atoms with Gasteiger partial charge in [-0.2, -0.15) is 4.31 Å². The van der Waals surface area contributed by atoms with Gasteiger partial charge in [-0.05, 0) is 49.4 Å². The van der Waals surface area contributed by atoms with Crippen LogP contribution in [0.3, 0.4) is 0 Å². The second-order valence-corrected chi connectivity index (χ2v) is 9.51. The number of rotatable bonds is 5. The first kappa shape index (κ1) is 21.4. The van der Waals surface area contributed by atoms with Crippen molar-refractivity contribution in [2.75, 3.05) is 27.2 Å². The fourth-order valence-electron chi connectivity index (χ4n) is 3.36. The van der Waals surface area contributed by atoms with Gasteiger partial charge in [-0.3, -0.25) is 4.79 Å². The Balaban J connectivity index is 2.12. The molecular weight excluding hydrogens is 368 g/mol. The summed E-state index contributed by atoms with van der Waals surface area (Å²) in [7, 11) is -0.442. The van der Waals surface area contributed by atoms with Gasteiger partial charge in [0.15, 0.2) is 6.10 Å². The first-order valence-electron chi connectivity index (χ1n) is 9.04. The van der Waals surface area contributed by atoms with E-state index in [-0.39, 0.29) is 16.4 Å². The van der Waals surface area contributed by atoms with Crippen molar-refractivity contribution in [1.29, 1.82) is 0 Å². The fraction of sp³-hybridized carbons (Fsp3) is 0.579. The summed E-state index contributed by atoms with van der Waals surface area (Å²) in [6.45, 7) is 6.60. The number of amides is 1. The molecule has 8 heteroatoms. The SMILES string of the molecule is C[C@@H]1C[C@H](C)CN(S(=O)(=O)c2ccc(C(=O)O[C@@H](C)C(=O)N(C)C)cc2)C1. The highest BCUT2D eigenvalue weighted by atomic mass is 32.2. The fourth-order valence-corrected chi connectivity index (χ4v) is 5.04. The summed E-state index contributed by atoms with van der Waals surface area (Å²) >= 11 is 0. The van der Waals surface area contributed by atoms with Gasteiger partial charge in [-0.15, -0.1) is 0 Å². The van der Waals surface area contributed by atoms with E-state index >= 15 is 0 Å². The Bertz CT molecular complexity index is 779. The molecule has 3 atom stereocenters. The topological polar surface area (TPSA) is 84.0 Å². The minimum atomic E-state index is -3.60. The van der Waals surface area contributed by atoms with Crippen LogP contribution >= 0.6 is 0 Å². The van der Waals surface area contributed by atoms with Crippen LogP contribution in [-0.4, -0.2) is 62.8 Å². The van der Waals surface area contributed by atoms with Gasteiger partial charge in [-0.25, -0.2) is 13.2 Å². The molecule has 1 saturated heterocycles. The number of benzene rings is 1. The van der Waals surface area contributed by atoms with Crippen LogP contribution in [0.4, 0.5) is 0 Å². The van der Waals surface area contributed by atoms with Crippen molar-refractivity contribution in [1.82, 2.24) is 9.21 Å². The summed E-state index contributed by atoms with van der Waals surface area (Å²) in [4.78, 5) is 25.5. The molecule has 1 aliphatic heterocycles. The lowest BCUT2D eigenvalue weighted by Crippen LogP contribution is -2.42. The molecule has 1 heterocycles. The molecule has 7 nitrogen and oxygen atoms in total. The van der Waals surface area contributed by atoms with Crippen molar-refractivity contribution < 1.29 is 22.7 Å². The monoisotopic (exact) mass is 396 g/mol. The van der Waals surface area contributed by atoms with Crippen molar-refractivity contribution in [3.05, 3.63) is 29.8 Å². The molecule has 1 aromatic carbocycles. The van der Waals surface area contributed by atoms with Crippen LogP contribution < -0.4 is 0 Å². The van der Waals surface area contributed by atoms with Gasteiger partial charge in [0.2, 0.25) is 10.0 Å². The number of hydrogen-bond acceptors (Lipinski definition) is 5. The number of hydrogen-bond donors (Lipinski definition) is 0. The normalized spacial score (nSPS) is 22.1. The van der Waals surface area contributed by atoms with E-state index in [9.17, 15) is 18.0 Å². The van der Waals surface area contributed by atoms with E-state index in [1.54, 1.807) is 14.1 Å². The summed E-state index contributed by atoms with van der Waals surface area (Å²) in [5, 5.41) is 0. The Morgan fingerprint density at radius 1 is 1.11 bits per heavy atom. The van der Waals surface area contributed by atoms with Crippen LogP contribution in [0, 0.1) is 11.8 Å². The number of sulfonamides is 1. The average Bonchev–Trinajstić information content (AvgIpc) is 2.60. The molecule has 0 saturated carbocycles. The molecule has 0 aromatic heterocycles. The Morgan fingerprint density at radius 2 is 1.63 bits per heavy atom. The predicted octanol–water partition coefficient (Wildman–Crippen LogP) is 1.99. The van der Waals surface area contributed by atoms with Crippen LogP contribution in [0.5, 0.6) is 0 Å². The molecule has 1 fully saturated rings. The summed E-state index contributed by atoms with van der Waals surface area (Å²) in [6, 6.07) is 5.65. The highest BCUT2D eigenvalue weighted by Gasteiger charge is 2.31. The third-order valence-corrected chi connectivity index (χ3v) is 6.48. The van der Waals surface area contributed by atoms with Crippen LogP contribution in [0.15, 0.2) is 29.2 Å². The quantitative estimate of drug-likeness (QED) is 0.711. The molecule has 1 amide bonds. The molecule has 0 aliphatic carbocycles. The molecule has 1 aliphatic rings. The Labute approximate surface area is 161 Å². The van der Waals surface area contributed by atoms with E-state index in [1.807, 2.05) is 13.8 Å². The number of ether oxygens (including phenoxy) is 1. The average molecular weight is 397 g/mol. The standard InChI is InChI=1S/C19H28N2O5S/c1-13-10-14(2)12-21(11-13)27(24,25)17-8-6-16(7-9-17)19(23)26-15(3)18(22)20(4)5/h6-9,13-15H,10-12H2,1-5H3/t13-,14+,15-/m0/s1. The van der Waals surface area contributed by atoms with Gasteiger partial charge in [0, 0.05) is 27.2 Å². The highest BCUT2D eigenvalue weighted by Crippen LogP contribution is 2.26. The van der Waals surface area contributed by atoms with Gasteiger partial charge >= 0.3 is 5.97 Å². The summed E-state index contributed by atoms with van der Waals surface area (Å²) in [6.07, 6.45) is 0.105. The van der Waals surface area contributed by atoms with Crippen LogP contribution in [0.1, 0.15) is 37.6 Å². The second-order valence-electron chi connectivity index (χ2n) is 7.57. The van der Waals surface area contributed by atoms with E-state index in [1.165, 1.54) is 40.4 Å². The Hall–Kier alpha value is -1.93. The highest BCUT2D eigenvalue weighted by molar-refractivity contribution is 7.89. The van der Waals surface area contributed by atoms with Crippen molar-refractivity contribution in [2.24, 2.45) is 11.8 Å². The van der Waals surface area contributed by atoms with Crippen LogP contribution in [-0.2, 0) is 19.6 Å². The zero-order valence-corrected chi connectivity index (χ0v) is 17.3. The third-order valence-electron chi connectivity index (χ3n) is 4.64. The molecular formula is C19H28N2O5S. The molecule has 27 heavy (non-hydrogen) atoms. The Kier molecular flexibility index (Phi) is 6.64. The zero-order chi connectivity index (χ0) is 20.4. The van der Waals surface area contributed by atoms with E-state index in [0.717, 1.165) is 6.42 Å². The lowest BCUT2D eigenvalue weighted by molar-refractivity contribution is -0.137. The van der Waals surface area contributed by atoms with Gasteiger partial charge in [0.25, 0.3) is 5.91 Å². The van der Waals surface area contributed by atoms with Crippen molar-refractivity contribution in [2.45, 2.75) is 38.2 Å². The maximum absolute atomic E-state index is 12.9. The van der Waals surface area contributed by atoms with Gasteiger partial charge in [0.05, 0.1) is 10.5 Å². The van der Waals surface area contributed by atoms with E-state index in [2.05, 4.69) is 0 Å². The molecule has 0 radical (unpaired) electrons. The molecule has 0 spiro atoms. The number of nitrogens with zero attached hydrogens (tertiary/aromatic N) is 2. The molecule has 150 valence electrons. The first-order chi connectivity index (χ1) is 12.5. The maximum Gasteiger partial charge on any atom is 0.338 e. The summed E-state index contributed by atoms with van der Waals surface area (Å²) in [5.74, 6) is -0.361. The number of likely N-dealkylation sites (N-methyl/N-ethyl adjacent to an activating group) is 1. The molecule has 0 bridgehead atoms. The minimum absolute atomic E-state index is 0.151. The first-order valence-corrected chi connectivity index (χ1v) is 10.5. The third kappa shape index (κ3) is 5.07. The van der Waals surface area contributed by atoms with E-state index < -0.39 is 22.1 Å². The number of esters is 1. The maximum atomic E-state index is 12.9. The van der Waals surface area contributed by atoms with Gasteiger partial charge < -0.3 is 9.64 Å². The van der Waals surface area contributed by atoms with Crippen molar-refractivity contribution in [3.63, 3.8) is 0 Å². The Morgan fingerprint density at radius 3 is 2.11 bits per heavy atom. The number of carbonyl (C=O) groups is 2. The molecule has 1 aromatic rings. The van der Waals surface area contributed by atoms with Gasteiger partial charge in [0.1, 0.15) is 0 Å². The lowest BCUT2D eigenvalue weighted by atomic mass is 9.94. The van der Waals surface area contributed by atoms with Crippen molar-refractivity contribution in [3.8, 4) is 0 Å². The summed E-state index contributed by atoms with van der Waals surface area (Å²) < 4.78 is 32.4. The smallest absolute Gasteiger partial charge is 0.338 e. The van der Waals surface area contributed by atoms with E-state index in [0.29, 0.717) is 24.9 Å². The largest absolute Gasteiger partial charge is 0.449 e. The lowest BCUT2D eigenvalue weighted by Gasteiger charge is -2.34. The molecule has 2 rings (SSSR count). The van der Waals surface area contributed by atoms with Crippen molar-refractivity contribution >= 4 is 21.9 Å². The number of carbonyl (C=O) groups excluding carboxylic acids is 2. The van der Waals surface area contributed by atoms with Crippen LogP contribution in [0.2, 0.25) is 0 Å².